The number of benzene rings is 3. The number of aryl methyl sites for hydroxylation is 1. The summed E-state index contributed by atoms with van der Waals surface area (Å²) in [7, 11) is -3.90. The molecule has 0 fully saturated rings. The molecule has 37 heavy (non-hydrogen) atoms. The van der Waals surface area contributed by atoms with Crippen molar-refractivity contribution >= 4 is 56.9 Å². The average Bonchev–Trinajstić information content (AvgIpc) is 3.27. The molecule has 1 heterocycles. The zero-order chi connectivity index (χ0) is 26.6. The van der Waals surface area contributed by atoms with Gasteiger partial charge in [-0.1, -0.05) is 28.4 Å². The number of sulfonamides is 1. The molecule has 4 rings (SSSR count). The Kier molecular flexibility index (Phi) is 7.77. The number of phenolic OH excluding ortho intramolecular Hbond substituents is 2. The van der Waals surface area contributed by atoms with Crippen LogP contribution in [0.15, 0.2) is 88.5 Å². The minimum Gasteiger partial charge on any atom is -0.507 e. The summed E-state index contributed by atoms with van der Waals surface area (Å²) >= 11 is 12.1. The molecule has 0 radical (unpaired) electrons. The largest absolute Gasteiger partial charge is 0.507 e. The van der Waals surface area contributed by atoms with Crippen LogP contribution in [-0.2, 0) is 10.0 Å². The maximum Gasteiger partial charge on any atom is 0.263 e. The van der Waals surface area contributed by atoms with E-state index >= 15 is 0 Å². The molecular weight excluding hydrogens is 537 g/mol. The van der Waals surface area contributed by atoms with Crippen molar-refractivity contribution < 1.29 is 23.2 Å². The van der Waals surface area contributed by atoms with Gasteiger partial charge in [0.15, 0.2) is 5.82 Å². The molecule has 11 heteroatoms. The van der Waals surface area contributed by atoms with Crippen LogP contribution in [0.5, 0.6) is 11.5 Å². The minimum atomic E-state index is -3.90. The summed E-state index contributed by atoms with van der Waals surface area (Å²) in [5.41, 5.74) is 1.54. The number of phenols is 2. The number of hydrogen-bond acceptors (Lipinski definition) is 7. The highest BCUT2D eigenvalue weighted by Gasteiger charge is 2.16. The summed E-state index contributed by atoms with van der Waals surface area (Å²) < 4.78 is 32.7. The maximum atomic E-state index is 12.7. The fraction of sp³-hybridized carbons (Fsp3) is 0.0385. The van der Waals surface area contributed by atoms with Crippen LogP contribution < -0.4 is 9.62 Å². The van der Waals surface area contributed by atoms with E-state index in [9.17, 15) is 18.6 Å². The molecule has 190 valence electrons. The molecule has 1 aromatic heterocycles. The van der Waals surface area contributed by atoms with E-state index in [1.165, 1.54) is 30.3 Å². The number of nitrogens with one attached hydrogen (secondary N) is 1. The van der Waals surface area contributed by atoms with Crippen molar-refractivity contribution in [2.75, 3.05) is 9.62 Å². The van der Waals surface area contributed by atoms with Gasteiger partial charge in [0.1, 0.15) is 17.3 Å². The fourth-order valence-corrected chi connectivity index (χ4v) is 4.61. The second-order valence-corrected chi connectivity index (χ2v) is 10.4. The molecule has 0 saturated carbocycles. The van der Waals surface area contributed by atoms with Gasteiger partial charge in [-0.25, -0.2) is 8.42 Å². The molecule has 0 aliphatic carbocycles. The fourth-order valence-electron chi connectivity index (χ4n) is 3.27. The zero-order valence-corrected chi connectivity index (χ0v) is 21.7. The number of anilines is 2. The zero-order valence-electron chi connectivity index (χ0n) is 19.3. The molecule has 3 N–H and O–H groups in total. The van der Waals surface area contributed by atoms with Gasteiger partial charge in [-0.3, -0.25) is 4.72 Å². The highest BCUT2D eigenvalue weighted by Crippen LogP contribution is 2.27. The number of rotatable bonds is 8. The number of halogens is 2. The SMILES string of the molecule is Cc1cc(NS(=O)(=O)c2ccc(N(/C=C/c3cc(Cl)ccc3O)/C=C/c3cc(Cl)ccc3O)cc2)no1. The quantitative estimate of drug-likeness (QED) is 0.222. The van der Waals surface area contributed by atoms with Gasteiger partial charge < -0.3 is 19.6 Å². The molecule has 0 saturated heterocycles. The van der Waals surface area contributed by atoms with E-state index in [4.69, 9.17) is 27.7 Å². The molecule has 4 aromatic rings. The van der Waals surface area contributed by atoms with Crippen molar-refractivity contribution in [3.63, 3.8) is 0 Å². The summed E-state index contributed by atoms with van der Waals surface area (Å²) in [6, 6.07) is 16.9. The molecule has 0 aliphatic rings. The van der Waals surface area contributed by atoms with E-state index in [0.717, 1.165) is 0 Å². The molecule has 0 amide bonds. The van der Waals surface area contributed by atoms with Gasteiger partial charge in [-0.2, -0.15) is 0 Å². The lowest BCUT2D eigenvalue weighted by molar-refractivity contribution is 0.400. The summed E-state index contributed by atoms with van der Waals surface area (Å²) in [6.07, 6.45) is 6.60. The predicted octanol–water partition coefficient (Wildman–Crippen LogP) is 6.65. The first-order chi connectivity index (χ1) is 17.6. The van der Waals surface area contributed by atoms with Gasteiger partial charge in [-0.05, 0) is 79.7 Å². The Morgan fingerprint density at radius 2 is 1.41 bits per heavy atom. The Bertz CT molecular complexity index is 1520. The van der Waals surface area contributed by atoms with Crippen molar-refractivity contribution in [2.24, 2.45) is 0 Å². The van der Waals surface area contributed by atoms with Crippen molar-refractivity contribution in [3.05, 3.63) is 106 Å². The van der Waals surface area contributed by atoms with Gasteiger partial charge >= 0.3 is 0 Å². The van der Waals surface area contributed by atoms with E-state index in [0.29, 0.717) is 32.6 Å². The number of hydrogen-bond donors (Lipinski definition) is 3. The van der Waals surface area contributed by atoms with Crippen LogP contribution in [0.4, 0.5) is 11.5 Å². The van der Waals surface area contributed by atoms with Gasteiger partial charge in [0.05, 0.1) is 4.90 Å². The Balaban J connectivity index is 1.66. The van der Waals surface area contributed by atoms with Crippen molar-refractivity contribution in [1.29, 1.82) is 0 Å². The Morgan fingerprint density at radius 1 is 0.865 bits per heavy atom. The first-order valence-electron chi connectivity index (χ1n) is 10.8. The predicted molar refractivity (Wildman–Crippen MR) is 145 cm³/mol. The van der Waals surface area contributed by atoms with E-state index in [1.807, 2.05) is 0 Å². The third-order valence-corrected chi connectivity index (χ3v) is 6.96. The van der Waals surface area contributed by atoms with Crippen LogP contribution in [0.3, 0.4) is 0 Å². The third-order valence-electron chi connectivity index (χ3n) is 5.12. The number of aromatic hydroxyl groups is 2. The van der Waals surface area contributed by atoms with Crippen LogP contribution in [0.1, 0.15) is 16.9 Å². The minimum absolute atomic E-state index is 0.0183. The first-order valence-corrected chi connectivity index (χ1v) is 13.0. The lowest BCUT2D eigenvalue weighted by Gasteiger charge is -2.17. The van der Waals surface area contributed by atoms with Crippen molar-refractivity contribution in [2.45, 2.75) is 11.8 Å². The first kappa shape index (κ1) is 26.2. The molecule has 0 aliphatic heterocycles. The van der Waals surface area contributed by atoms with Gasteiger partial charge in [0.25, 0.3) is 10.0 Å². The monoisotopic (exact) mass is 557 g/mol. The van der Waals surface area contributed by atoms with Crippen molar-refractivity contribution in [3.8, 4) is 11.5 Å². The second-order valence-electron chi connectivity index (χ2n) is 7.87. The lowest BCUT2D eigenvalue weighted by Crippen LogP contribution is -2.13. The summed E-state index contributed by atoms with van der Waals surface area (Å²) in [4.78, 5) is 1.69. The van der Waals surface area contributed by atoms with E-state index in [2.05, 4.69) is 9.88 Å². The van der Waals surface area contributed by atoms with Crippen LogP contribution >= 0.6 is 23.2 Å². The van der Waals surface area contributed by atoms with Crippen LogP contribution in [0, 0.1) is 6.92 Å². The highest BCUT2D eigenvalue weighted by molar-refractivity contribution is 7.92. The molecule has 0 unspecified atom stereocenters. The smallest absolute Gasteiger partial charge is 0.263 e. The van der Waals surface area contributed by atoms with Crippen LogP contribution in [0.25, 0.3) is 12.2 Å². The highest BCUT2D eigenvalue weighted by atomic mass is 35.5. The Morgan fingerprint density at radius 3 is 1.89 bits per heavy atom. The molecular formula is C26H21Cl2N3O5S. The topological polar surface area (TPSA) is 116 Å². The number of aromatic nitrogens is 1. The third kappa shape index (κ3) is 6.65. The second kappa shape index (κ2) is 11.0. The Hall–Kier alpha value is -3.92. The maximum absolute atomic E-state index is 12.7. The van der Waals surface area contributed by atoms with Crippen LogP contribution in [0.2, 0.25) is 10.0 Å². The average molecular weight is 558 g/mol. The van der Waals surface area contributed by atoms with Gasteiger partial charge in [0, 0.05) is 45.3 Å². The van der Waals surface area contributed by atoms with Gasteiger partial charge in [-0.15, -0.1) is 0 Å². The molecule has 0 bridgehead atoms. The lowest BCUT2D eigenvalue weighted by atomic mass is 10.2. The molecule has 3 aromatic carbocycles. The molecule has 0 atom stereocenters. The standard InChI is InChI=1S/C26H21Cl2N3O5S/c1-17-14-26(29-36-17)30-37(34,35)23-6-4-22(5-7-23)31(12-10-18-15-20(27)2-8-24(18)32)13-11-19-16-21(28)3-9-25(19)33/h2-16,32-33H,1H3,(H,29,30)/b12-10+,13-11+. The molecule has 8 nitrogen and oxygen atoms in total. The van der Waals surface area contributed by atoms with E-state index in [-0.39, 0.29) is 22.2 Å². The Labute approximate surface area is 223 Å². The summed E-state index contributed by atoms with van der Waals surface area (Å²) in [5, 5.41) is 24.9. The van der Waals surface area contributed by atoms with E-state index < -0.39 is 10.0 Å². The van der Waals surface area contributed by atoms with E-state index in [1.54, 1.807) is 72.8 Å². The molecule has 0 spiro atoms. The van der Waals surface area contributed by atoms with Crippen LogP contribution in [-0.4, -0.2) is 23.8 Å². The normalized spacial score (nSPS) is 11.9. The summed E-state index contributed by atoms with van der Waals surface area (Å²) in [6.45, 7) is 1.65. The van der Waals surface area contributed by atoms with Crippen molar-refractivity contribution in [1.82, 2.24) is 5.16 Å². The number of nitrogens with zero attached hydrogens (tertiary/aromatic N) is 2. The van der Waals surface area contributed by atoms with Gasteiger partial charge in [0.2, 0.25) is 0 Å². The summed E-state index contributed by atoms with van der Waals surface area (Å²) in [5.74, 6) is 0.621.